The number of carbonyl (C=O) groups excluding carboxylic acids is 2. The highest BCUT2D eigenvalue weighted by molar-refractivity contribution is 5.99. The third kappa shape index (κ3) is 4.04. The highest BCUT2D eigenvalue weighted by Gasteiger charge is 2.35. The van der Waals surface area contributed by atoms with Crippen LogP contribution in [0.2, 0.25) is 0 Å². The number of likely N-dealkylation sites (tertiary alicyclic amines) is 1. The molecule has 1 fully saturated rings. The minimum Gasteiger partial charge on any atom is -0.354 e. The second kappa shape index (κ2) is 7.60. The zero-order chi connectivity index (χ0) is 18.7. The number of hydrogen-bond donors (Lipinski definition) is 2. The Bertz CT molecular complexity index is 799. The summed E-state index contributed by atoms with van der Waals surface area (Å²) in [6, 6.07) is 15.8. The predicted octanol–water partition coefficient (Wildman–Crippen LogP) is 3.93. The number of hydrogen-bond acceptors (Lipinski definition) is 3. The van der Waals surface area contributed by atoms with E-state index in [0.29, 0.717) is 12.2 Å². The van der Waals surface area contributed by atoms with E-state index in [2.05, 4.69) is 10.6 Å². The summed E-state index contributed by atoms with van der Waals surface area (Å²) in [5, 5.41) is 6.32. The lowest BCUT2D eigenvalue weighted by Crippen LogP contribution is -2.33. The predicted molar refractivity (Wildman–Crippen MR) is 104 cm³/mol. The summed E-state index contributed by atoms with van der Waals surface area (Å²) in [7, 11) is 0. The van der Waals surface area contributed by atoms with Crippen LogP contribution < -0.4 is 10.6 Å². The maximum Gasteiger partial charge on any atom is 0.229 e. The fourth-order valence-corrected chi connectivity index (χ4v) is 3.13. The van der Waals surface area contributed by atoms with Gasteiger partial charge in [-0.1, -0.05) is 29.8 Å². The van der Waals surface area contributed by atoms with Gasteiger partial charge in [-0.3, -0.25) is 9.59 Å². The molecule has 0 bridgehead atoms. The molecule has 1 unspecified atom stereocenters. The highest BCUT2D eigenvalue weighted by atomic mass is 16.2. The molecule has 1 aliphatic rings. The Morgan fingerprint density at radius 2 is 1.73 bits per heavy atom. The molecule has 1 atom stereocenters. The van der Waals surface area contributed by atoms with Gasteiger partial charge in [-0.2, -0.15) is 0 Å². The van der Waals surface area contributed by atoms with Gasteiger partial charge < -0.3 is 15.5 Å². The molecule has 2 amide bonds. The molecule has 0 radical (unpaired) electrons. The molecule has 1 saturated heterocycles. The van der Waals surface area contributed by atoms with Gasteiger partial charge in [0, 0.05) is 24.7 Å². The van der Waals surface area contributed by atoms with Crippen molar-refractivity contribution in [1.82, 2.24) is 4.90 Å². The molecule has 0 saturated carbocycles. The van der Waals surface area contributed by atoms with Gasteiger partial charge in [-0.25, -0.2) is 0 Å². The van der Waals surface area contributed by atoms with Crippen LogP contribution in [-0.4, -0.2) is 29.3 Å². The summed E-state index contributed by atoms with van der Waals surface area (Å²) in [5.74, 6) is -0.372. The lowest BCUT2D eigenvalue weighted by atomic mass is 10.1. The van der Waals surface area contributed by atoms with Gasteiger partial charge in [0.2, 0.25) is 11.8 Å². The molecule has 0 aromatic heterocycles. The molecule has 26 heavy (non-hydrogen) atoms. The van der Waals surface area contributed by atoms with Crippen LogP contribution >= 0.6 is 0 Å². The first kappa shape index (κ1) is 18.0. The number of anilines is 3. The monoisotopic (exact) mass is 351 g/mol. The second-order valence-electron chi connectivity index (χ2n) is 7.07. The van der Waals surface area contributed by atoms with Crippen molar-refractivity contribution in [1.29, 1.82) is 0 Å². The van der Waals surface area contributed by atoms with Gasteiger partial charge in [-0.05, 0) is 45.0 Å². The Morgan fingerprint density at radius 1 is 1.08 bits per heavy atom. The Kier molecular flexibility index (Phi) is 5.26. The Balaban J connectivity index is 1.71. The number of carbonyl (C=O) groups is 2. The maximum atomic E-state index is 12.7. The van der Waals surface area contributed by atoms with E-state index in [9.17, 15) is 9.59 Å². The lowest BCUT2D eigenvalue weighted by molar-refractivity contribution is -0.129. The topological polar surface area (TPSA) is 61.4 Å². The molecule has 5 heteroatoms. The normalized spacial score (nSPS) is 16.8. The molecule has 2 aromatic carbocycles. The van der Waals surface area contributed by atoms with Crippen molar-refractivity contribution in [2.24, 2.45) is 5.92 Å². The molecular formula is C21H25N3O2. The van der Waals surface area contributed by atoms with Gasteiger partial charge in [0.05, 0.1) is 17.3 Å². The summed E-state index contributed by atoms with van der Waals surface area (Å²) >= 11 is 0. The SMILES string of the molecule is Cc1ccc(Nc2ccccc2NC(=O)C2CC(=O)N(C(C)C)C2)cc1. The van der Waals surface area contributed by atoms with E-state index in [1.54, 1.807) is 4.90 Å². The van der Waals surface area contributed by atoms with Gasteiger partial charge >= 0.3 is 0 Å². The second-order valence-corrected chi connectivity index (χ2v) is 7.07. The lowest BCUT2D eigenvalue weighted by Gasteiger charge is -2.21. The third-order valence-corrected chi connectivity index (χ3v) is 4.67. The minimum absolute atomic E-state index is 0.0474. The van der Waals surface area contributed by atoms with Gasteiger partial charge in [0.25, 0.3) is 0 Å². The summed E-state index contributed by atoms with van der Waals surface area (Å²) in [6.45, 7) is 6.47. The smallest absolute Gasteiger partial charge is 0.229 e. The molecule has 1 heterocycles. The largest absolute Gasteiger partial charge is 0.354 e. The van der Waals surface area contributed by atoms with E-state index in [1.807, 2.05) is 69.3 Å². The van der Waals surface area contributed by atoms with Crippen molar-refractivity contribution < 1.29 is 9.59 Å². The van der Waals surface area contributed by atoms with Crippen molar-refractivity contribution in [3.8, 4) is 0 Å². The Morgan fingerprint density at radius 3 is 2.35 bits per heavy atom. The highest BCUT2D eigenvalue weighted by Crippen LogP contribution is 2.27. The molecule has 0 spiro atoms. The molecule has 1 aliphatic heterocycles. The van der Waals surface area contributed by atoms with Gasteiger partial charge in [0.1, 0.15) is 0 Å². The van der Waals surface area contributed by atoms with E-state index in [0.717, 1.165) is 11.4 Å². The minimum atomic E-state index is -0.308. The van der Waals surface area contributed by atoms with E-state index in [4.69, 9.17) is 0 Å². The molecule has 2 N–H and O–H groups in total. The first-order chi connectivity index (χ1) is 12.4. The number of benzene rings is 2. The van der Waals surface area contributed by atoms with Crippen LogP contribution in [0.1, 0.15) is 25.8 Å². The van der Waals surface area contributed by atoms with Crippen LogP contribution in [0.4, 0.5) is 17.1 Å². The number of nitrogens with one attached hydrogen (secondary N) is 2. The summed E-state index contributed by atoms with van der Waals surface area (Å²) in [6.07, 6.45) is 0.275. The third-order valence-electron chi connectivity index (χ3n) is 4.67. The van der Waals surface area contributed by atoms with Crippen LogP contribution in [0, 0.1) is 12.8 Å². The standard InChI is InChI=1S/C21H25N3O2/c1-14(2)24-13-16(12-20(24)25)21(26)23-19-7-5-4-6-18(19)22-17-10-8-15(3)9-11-17/h4-11,14,16,22H,12-13H2,1-3H3,(H,23,26). The summed E-state index contributed by atoms with van der Waals surface area (Å²) in [4.78, 5) is 26.5. The molecule has 2 aromatic rings. The van der Waals surface area contributed by atoms with Crippen molar-refractivity contribution >= 4 is 28.9 Å². The first-order valence-corrected chi connectivity index (χ1v) is 8.97. The molecule has 3 rings (SSSR count). The zero-order valence-electron chi connectivity index (χ0n) is 15.5. The molecule has 0 aliphatic carbocycles. The Hall–Kier alpha value is -2.82. The fraction of sp³-hybridized carbons (Fsp3) is 0.333. The van der Waals surface area contributed by atoms with E-state index < -0.39 is 0 Å². The van der Waals surface area contributed by atoms with Gasteiger partial charge in [0.15, 0.2) is 0 Å². The molecular weight excluding hydrogens is 326 g/mol. The Labute approximate surface area is 154 Å². The molecule has 136 valence electrons. The number of amides is 2. The van der Waals surface area contributed by atoms with Crippen LogP contribution in [0.3, 0.4) is 0 Å². The van der Waals surface area contributed by atoms with E-state index in [1.165, 1.54) is 5.56 Å². The average molecular weight is 351 g/mol. The quantitative estimate of drug-likeness (QED) is 0.858. The summed E-state index contributed by atoms with van der Waals surface area (Å²) in [5.41, 5.74) is 3.69. The zero-order valence-corrected chi connectivity index (χ0v) is 15.5. The van der Waals surface area contributed by atoms with Crippen molar-refractivity contribution in [3.63, 3.8) is 0 Å². The number of nitrogens with zero attached hydrogens (tertiary/aromatic N) is 1. The number of para-hydroxylation sites is 2. The van der Waals surface area contributed by atoms with Crippen molar-refractivity contribution in [2.75, 3.05) is 17.2 Å². The fourth-order valence-electron chi connectivity index (χ4n) is 3.13. The summed E-state index contributed by atoms with van der Waals surface area (Å²) < 4.78 is 0. The first-order valence-electron chi connectivity index (χ1n) is 8.97. The van der Waals surface area contributed by atoms with Crippen LogP contribution in [-0.2, 0) is 9.59 Å². The average Bonchev–Trinajstić information content (AvgIpc) is 3.01. The molecule has 5 nitrogen and oxygen atoms in total. The van der Waals surface area contributed by atoms with E-state index in [-0.39, 0.29) is 30.2 Å². The van der Waals surface area contributed by atoms with Crippen LogP contribution in [0.15, 0.2) is 48.5 Å². The number of rotatable bonds is 5. The maximum absolute atomic E-state index is 12.7. The number of aryl methyl sites for hydroxylation is 1. The van der Waals surface area contributed by atoms with Gasteiger partial charge in [-0.15, -0.1) is 0 Å². The van der Waals surface area contributed by atoms with Crippen molar-refractivity contribution in [2.45, 2.75) is 33.2 Å². The van der Waals surface area contributed by atoms with E-state index >= 15 is 0 Å². The van der Waals surface area contributed by atoms with Crippen molar-refractivity contribution in [3.05, 3.63) is 54.1 Å². The van der Waals surface area contributed by atoms with Crippen LogP contribution in [0.5, 0.6) is 0 Å². The van der Waals surface area contributed by atoms with Crippen LogP contribution in [0.25, 0.3) is 0 Å².